The minimum Gasteiger partial charge on any atom is -0.449 e. The molecule has 1 aromatic heterocycles. The molecule has 0 radical (unpaired) electrons. The molecule has 2 heterocycles. The number of amides is 1. The number of fused-ring (bicyclic) bond motifs is 1. The van der Waals surface area contributed by atoms with E-state index in [0.717, 1.165) is 19.3 Å². The molecule has 1 aliphatic rings. The lowest BCUT2D eigenvalue weighted by atomic mass is 10.1. The van der Waals surface area contributed by atoms with Crippen LogP contribution in [0.3, 0.4) is 0 Å². The van der Waals surface area contributed by atoms with Gasteiger partial charge in [0.2, 0.25) is 0 Å². The molecule has 0 unspecified atom stereocenters. The van der Waals surface area contributed by atoms with Crippen LogP contribution in [-0.2, 0) is 16.1 Å². The summed E-state index contributed by atoms with van der Waals surface area (Å²) in [7, 11) is 0. The average Bonchev–Trinajstić information content (AvgIpc) is 2.68. The maximum absolute atomic E-state index is 12.5. The molecule has 1 aliphatic heterocycles. The highest BCUT2D eigenvalue weighted by molar-refractivity contribution is 5.95. The number of likely N-dealkylation sites (tertiary alicyclic amines) is 1. The molecule has 7 nitrogen and oxygen atoms in total. The number of esters is 1. The largest absolute Gasteiger partial charge is 0.449 e. The van der Waals surface area contributed by atoms with Crippen LogP contribution in [0.4, 0.5) is 0 Å². The van der Waals surface area contributed by atoms with Gasteiger partial charge in [0.15, 0.2) is 6.10 Å². The fourth-order valence-electron chi connectivity index (χ4n) is 3.47. The van der Waals surface area contributed by atoms with Crippen LogP contribution in [-0.4, -0.2) is 45.5 Å². The molecule has 1 aromatic carbocycles. The molecular weight excluding hydrogens is 346 g/mol. The molecule has 27 heavy (non-hydrogen) atoms. The van der Waals surface area contributed by atoms with E-state index in [-0.39, 0.29) is 11.5 Å². The first-order chi connectivity index (χ1) is 12.9. The lowest BCUT2D eigenvalue weighted by molar-refractivity contribution is -0.140. The third-order valence-electron chi connectivity index (χ3n) is 4.96. The fourth-order valence-corrected chi connectivity index (χ4v) is 3.47. The molecule has 0 N–H and O–H groups in total. The van der Waals surface area contributed by atoms with Gasteiger partial charge in [-0.25, -0.2) is 9.78 Å². The Bertz CT molecular complexity index is 929. The number of aromatic nitrogens is 2. The zero-order valence-corrected chi connectivity index (χ0v) is 16.0. The van der Waals surface area contributed by atoms with Crippen LogP contribution in [0.2, 0.25) is 0 Å². The van der Waals surface area contributed by atoms with Crippen molar-refractivity contribution in [2.24, 2.45) is 0 Å². The third-order valence-corrected chi connectivity index (χ3v) is 4.96. The summed E-state index contributed by atoms with van der Waals surface area (Å²) in [6.45, 7) is 7.09. The molecule has 0 aliphatic carbocycles. The summed E-state index contributed by atoms with van der Waals surface area (Å²) in [5, 5.41) is 0. The topological polar surface area (TPSA) is 81.5 Å². The second-order valence-corrected chi connectivity index (χ2v) is 6.88. The lowest BCUT2D eigenvalue weighted by Gasteiger charge is -2.28. The Balaban J connectivity index is 1.80. The van der Waals surface area contributed by atoms with Crippen LogP contribution in [0.5, 0.6) is 0 Å². The molecule has 3 rings (SSSR count). The number of ether oxygens (including phenoxy) is 1. The first kappa shape index (κ1) is 19.1. The van der Waals surface area contributed by atoms with Crippen molar-refractivity contribution in [3.63, 3.8) is 0 Å². The van der Waals surface area contributed by atoms with Gasteiger partial charge in [-0.15, -0.1) is 0 Å². The molecule has 7 heteroatoms. The zero-order chi connectivity index (χ0) is 19.6. The van der Waals surface area contributed by atoms with Gasteiger partial charge < -0.3 is 14.2 Å². The van der Waals surface area contributed by atoms with Crippen LogP contribution in [0.25, 0.3) is 11.0 Å². The number of nitrogens with zero attached hydrogens (tertiary/aromatic N) is 3. The Hall–Kier alpha value is -2.70. The molecule has 0 saturated carbocycles. The second kappa shape index (κ2) is 7.90. The normalized spacial score (nSPS) is 15.6. The SMILES string of the molecule is CCn1c(=O)c(C)nc2cc(C(=O)O[C@@H](C)C(=O)N3CCCCC3)ccc21. The molecule has 0 bridgehead atoms. The van der Waals surface area contributed by atoms with E-state index in [0.29, 0.717) is 41.9 Å². The third kappa shape index (κ3) is 3.86. The summed E-state index contributed by atoms with van der Waals surface area (Å²) < 4.78 is 7.00. The van der Waals surface area contributed by atoms with Gasteiger partial charge in [0.25, 0.3) is 11.5 Å². The number of rotatable bonds is 4. The van der Waals surface area contributed by atoms with Crippen LogP contribution in [0, 0.1) is 6.92 Å². The second-order valence-electron chi connectivity index (χ2n) is 6.88. The first-order valence-electron chi connectivity index (χ1n) is 9.43. The van der Waals surface area contributed by atoms with Gasteiger partial charge in [-0.2, -0.15) is 0 Å². The van der Waals surface area contributed by atoms with E-state index < -0.39 is 12.1 Å². The monoisotopic (exact) mass is 371 g/mol. The van der Waals surface area contributed by atoms with E-state index in [2.05, 4.69) is 4.98 Å². The average molecular weight is 371 g/mol. The zero-order valence-electron chi connectivity index (χ0n) is 16.0. The van der Waals surface area contributed by atoms with E-state index in [1.165, 1.54) is 0 Å². The highest BCUT2D eigenvalue weighted by Gasteiger charge is 2.25. The van der Waals surface area contributed by atoms with E-state index in [1.54, 1.807) is 41.5 Å². The summed E-state index contributed by atoms with van der Waals surface area (Å²) in [6, 6.07) is 4.90. The Kier molecular flexibility index (Phi) is 5.58. The van der Waals surface area contributed by atoms with Crippen LogP contribution < -0.4 is 5.56 Å². The molecule has 1 fully saturated rings. The van der Waals surface area contributed by atoms with E-state index in [9.17, 15) is 14.4 Å². The Morgan fingerprint density at radius 3 is 2.59 bits per heavy atom. The number of benzene rings is 1. The Morgan fingerprint density at radius 1 is 1.22 bits per heavy atom. The van der Waals surface area contributed by atoms with Crippen molar-refractivity contribution >= 4 is 22.9 Å². The van der Waals surface area contributed by atoms with Gasteiger partial charge in [-0.05, 0) is 58.2 Å². The number of carbonyl (C=O) groups excluding carboxylic acids is 2. The highest BCUT2D eigenvalue weighted by Crippen LogP contribution is 2.16. The number of piperidine rings is 1. The van der Waals surface area contributed by atoms with Crippen molar-refractivity contribution in [3.05, 3.63) is 39.8 Å². The molecular formula is C20H25N3O4. The smallest absolute Gasteiger partial charge is 0.338 e. The summed E-state index contributed by atoms with van der Waals surface area (Å²) >= 11 is 0. The van der Waals surface area contributed by atoms with Crippen LogP contribution in [0.15, 0.2) is 23.0 Å². The maximum atomic E-state index is 12.5. The van der Waals surface area contributed by atoms with E-state index in [1.807, 2.05) is 6.92 Å². The van der Waals surface area contributed by atoms with Gasteiger partial charge in [-0.3, -0.25) is 9.59 Å². The number of hydrogen-bond donors (Lipinski definition) is 0. The highest BCUT2D eigenvalue weighted by atomic mass is 16.5. The predicted molar refractivity (Wildman–Crippen MR) is 102 cm³/mol. The van der Waals surface area contributed by atoms with Gasteiger partial charge in [-0.1, -0.05) is 0 Å². The van der Waals surface area contributed by atoms with Crippen molar-refractivity contribution in [3.8, 4) is 0 Å². The van der Waals surface area contributed by atoms with Gasteiger partial charge in [0.05, 0.1) is 16.6 Å². The van der Waals surface area contributed by atoms with E-state index >= 15 is 0 Å². The number of hydrogen-bond acceptors (Lipinski definition) is 5. The minimum atomic E-state index is -0.828. The summed E-state index contributed by atoms with van der Waals surface area (Å²) in [6.07, 6.45) is 2.28. The summed E-state index contributed by atoms with van der Waals surface area (Å²) in [5.74, 6) is -0.721. The van der Waals surface area contributed by atoms with Crippen molar-refractivity contribution in [2.45, 2.75) is 52.7 Å². The summed E-state index contributed by atoms with van der Waals surface area (Å²) in [4.78, 5) is 43.2. The Morgan fingerprint density at radius 2 is 1.93 bits per heavy atom. The van der Waals surface area contributed by atoms with Crippen molar-refractivity contribution in [2.75, 3.05) is 13.1 Å². The van der Waals surface area contributed by atoms with Crippen molar-refractivity contribution in [1.29, 1.82) is 0 Å². The molecule has 0 spiro atoms. The molecule has 1 amide bonds. The molecule has 1 atom stereocenters. The fraction of sp³-hybridized carbons (Fsp3) is 0.500. The maximum Gasteiger partial charge on any atom is 0.338 e. The van der Waals surface area contributed by atoms with Crippen LogP contribution >= 0.6 is 0 Å². The predicted octanol–water partition coefficient (Wildman–Crippen LogP) is 2.28. The van der Waals surface area contributed by atoms with Gasteiger partial charge in [0, 0.05) is 19.6 Å². The number of carbonyl (C=O) groups is 2. The minimum absolute atomic E-state index is 0.138. The molecule has 144 valence electrons. The molecule has 2 aromatic rings. The first-order valence-corrected chi connectivity index (χ1v) is 9.43. The lowest BCUT2D eigenvalue weighted by Crippen LogP contribution is -2.42. The van der Waals surface area contributed by atoms with Gasteiger partial charge >= 0.3 is 5.97 Å². The standard InChI is InChI=1S/C20H25N3O4/c1-4-23-17-9-8-15(12-16(17)21-13(2)18(23)24)20(26)27-14(3)19(25)22-10-6-5-7-11-22/h8-9,12,14H,4-7,10-11H2,1-3H3/t14-/m0/s1. The molecule has 1 saturated heterocycles. The summed E-state index contributed by atoms with van der Waals surface area (Å²) in [5.41, 5.74) is 1.78. The number of aryl methyl sites for hydroxylation is 2. The van der Waals surface area contributed by atoms with Gasteiger partial charge in [0.1, 0.15) is 5.69 Å². The Labute approximate surface area is 157 Å². The van der Waals surface area contributed by atoms with Crippen molar-refractivity contribution in [1.82, 2.24) is 14.5 Å². The quantitative estimate of drug-likeness (QED) is 0.770. The van der Waals surface area contributed by atoms with Crippen molar-refractivity contribution < 1.29 is 14.3 Å². The van der Waals surface area contributed by atoms with E-state index in [4.69, 9.17) is 4.74 Å². The van der Waals surface area contributed by atoms with Crippen LogP contribution in [0.1, 0.15) is 49.2 Å².